The summed E-state index contributed by atoms with van der Waals surface area (Å²) < 4.78 is 10.5. The van der Waals surface area contributed by atoms with E-state index in [1.807, 2.05) is 0 Å². The zero-order valence-electron chi connectivity index (χ0n) is 12.0. The average molecular weight is 289 g/mol. The second-order valence-corrected chi connectivity index (χ2v) is 5.53. The topological polar surface area (TPSA) is 94.4 Å². The van der Waals surface area contributed by atoms with Gasteiger partial charge in [0.1, 0.15) is 0 Å². The summed E-state index contributed by atoms with van der Waals surface area (Å²) in [6.45, 7) is 0. The zero-order chi connectivity index (χ0) is 14.9. The summed E-state index contributed by atoms with van der Waals surface area (Å²) in [5.41, 5.74) is 6.60. The smallest absolute Gasteiger partial charge is 0.247 e. The molecule has 0 amide bonds. The molecule has 0 bridgehead atoms. The number of aromatic hydroxyl groups is 1. The number of benzene rings is 1. The summed E-state index contributed by atoms with van der Waals surface area (Å²) in [6, 6.07) is 4.94. The third kappa shape index (κ3) is 2.58. The van der Waals surface area contributed by atoms with Gasteiger partial charge in [-0.1, -0.05) is 24.4 Å². The highest BCUT2D eigenvalue weighted by molar-refractivity contribution is 5.60. The largest absolute Gasteiger partial charge is 0.504 e. The van der Waals surface area contributed by atoms with Crippen LogP contribution in [0.15, 0.2) is 22.7 Å². The van der Waals surface area contributed by atoms with Crippen molar-refractivity contribution in [1.29, 1.82) is 0 Å². The van der Waals surface area contributed by atoms with Crippen LogP contribution >= 0.6 is 0 Å². The van der Waals surface area contributed by atoms with E-state index in [1.54, 1.807) is 18.2 Å². The quantitative estimate of drug-likeness (QED) is 0.901. The fourth-order valence-corrected chi connectivity index (χ4v) is 2.76. The summed E-state index contributed by atoms with van der Waals surface area (Å²) in [4.78, 5) is 4.44. The van der Waals surface area contributed by atoms with Gasteiger partial charge in [0.15, 0.2) is 11.5 Å². The molecule has 0 atom stereocenters. The van der Waals surface area contributed by atoms with Gasteiger partial charge in [0.2, 0.25) is 11.7 Å². The van der Waals surface area contributed by atoms with Crippen molar-refractivity contribution in [3.63, 3.8) is 0 Å². The molecule has 1 heterocycles. The van der Waals surface area contributed by atoms with E-state index >= 15 is 0 Å². The molecule has 112 valence electrons. The lowest BCUT2D eigenvalue weighted by Crippen LogP contribution is -2.38. The van der Waals surface area contributed by atoms with E-state index in [-0.39, 0.29) is 5.75 Å². The van der Waals surface area contributed by atoms with Crippen molar-refractivity contribution < 1.29 is 14.4 Å². The molecular formula is C15H19N3O3. The third-order valence-corrected chi connectivity index (χ3v) is 4.04. The molecule has 1 fully saturated rings. The summed E-state index contributed by atoms with van der Waals surface area (Å²) in [7, 11) is 1.50. The molecule has 2 aromatic rings. The number of nitrogens with two attached hydrogens (primary N) is 1. The number of nitrogens with zero attached hydrogens (tertiary/aromatic N) is 2. The van der Waals surface area contributed by atoms with Gasteiger partial charge in [-0.3, -0.25) is 0 Å². The number of phenols is 1. The zero-order valence-corrected chi connectivity index (χ0v) is 12.0. The second kappa shape index (κ2) is 5.37. The first-order chi connectivity index (χ1) is 10.1. The van der Waals surface area contributed by atoms with Gasteiger partial charge in [0, 0.05) is 5.56 Å². The van der Waals surface area contributed by atoms with E-state index in [4.69, 9.17) is 15.0 Å². The third-order valence-electron chi connectivity index (χ3n) is 4.04. The molecule has 1 saturated carbocycles. The number of ether oxygens (including phenoxy) is 1. The Hall–Kier alpha value is -2.08. The molecule has 6 nitrogen and oxygen atoms in total. The van der Waals surface area contributed by atoms with Crippen molar-refractivity contribution in [2.24, 2.45) is 5.73 Å². The lowest BCUT2D eigenvalue weighted by atomic mass is 9.82. The number of hydrogen-bond acceptors (Lipinski definition) is 6. The van der Waals surface area contributed by atoms with Crippen molar-refractivity contribution in [2.75, 3.05) is 7.11 Å². The predicted molar refractivity (Wildman–Crippen MR) is 76.9 cm³/mol. The SMILES string of the molecule is COc1cc(-c2noc(C3(N)CCCCC3)n2)ccc1O. The molecule has 3 N–H and O–H groups in total. The summed E-state index contributed by atoms with van der Waals surface area (Å²) in [5.74, 6) is 1.40. The van der Waals surface area contributed by atoms with E-state index < -0.39 is 5.54 Å². The Morgan fingerprint density at radius 3 is 2.76 bits per heavy atom. The van der Waals surface area contributed by atoms with E-state index in [2.05, 4.69) is 10.1 Å². The molecule has 0 radical (unpaired) electrons. The molecule has 21 heavy (non-hydrogen) atoms. The van der Waals surface area contributed by atoms with Crippen LogP contribution in [-0.2, 0) is 5.54 Å². The Balaban J connectivity index is 1.91. The lowest BCUT2D eigenvalue weighted by Gasteiger charge is -2.29. The maximum absolute atomic E-state index is 9.62. The Kier molecular flexibility index (Phi) is 3.55. The number of aromatic nitrogens is 2. The van der Waals surface area contributed by atoms with Gasteiger partial charge in [0.25, 0.3) is 0 Å². The van der Waals surface area contributed by atoms with Gasteiger partial charge in [-0.15, -0.1) is 0 Å². The van der Waals surface area contributed by atoms with Crippen LogP contribution in [-0.4, -0.2) is 22.4 Å². The van der Waals surface area contributed by atoms with E-state index in [0.717, 1.165) is 31.2 Å². The molecule has 0 spiro atoms. The monoisotopic (exact) mass is 289 g/mol. The van der Waals surface area contributed by atoms with Gasteiger partial charge >= 0.3 is 0 Å². The Bertz CT molecular complexity index is 633. The standard InChI is InChI=1S/C15H19N3O3/c1-20-12-9-10(5-6-11(12)19)13-17-14(21-18-13)15(16)7-3-2-4-8-15/h5-6,9,19H,2-4,7-8,16H2,1H3. The molecular weight excluding hydrogens is 270 g/mol. The van der Waals surface area contributed by atoms with Crippen LogP contribution in [0, 0.1) is 0 Å². The highest BCUT2D eigenvalue weighted by Crippen LogP contribution is 2.35. The van der Waals surface area contributed by atoms with Crippen LogP contribution in [0.1, 0.15) is 38.0 Å². The average Bonchev–Trinajstić information content (AvgIpc) is 2.99. The second-order valence-electron chi connectivity index (χ2n) is 5.53. The molecule has 0 unspecified atom stereocenters. The molecule has 0 aliphatic heterocycles. The van der Waals surface area contributed by atoms with Gasteiger partial charge in [-0.25, -0.2) is 0 Å². The Labute approximate surface area is 122 Å². The lowest BCUT2D eigenvalue weighted by molar-refractivity contribution is 0.220. The first kappa shape index (κ1) is 13.9. The molecule has 1 aromatic heterocycles. The van der Waals surface area contributed by atoms with Crippen LogP contribution in [0.4, 0.5) is 0 Å². The van der Waals surface area contributed by atoms with Crippen LogP contribution in [0.2, 0.25) is 0 Å². The molecule has 6 heteroatoms. The van der Waals surface area contributed by atoms with Crippen molar-refractivity contribution in [3.05, 3.63) is 24.1 Å². The summed E-state index contributed by atoms with van der Waals surface area (Å²) in [6.07, 6.45) is 5.11. The van der Waals surface area contributed by atoms with Gasteiger partial charge in [-0.2, -0.15) is 4.98 Å². The highest BCUT2D eigenvalue weighted by atomic mass is 16.5. The summed E-state index contributed by atoms with van der Waals surface area (Å²) >= 11 is 0. The van der Waals surface area contributed by atoms with Crippen LogP contribution in [0.25, 0.3) is 11.4 Å². The van der Waals surface area contributed by atoms with E-state index in [9.17, 15) is 5.11 Å². The van der Waals surface area contributed by atoms with Crippen molar-refractivity contribution in [1.82, 2.24) is 10.1 Å². The van der Waals surface area contributed by atoms with Gasteiger partial charge in [-0.05, 0) is 31.0 Å². The van der Waals surface area contributed by atoms with E-state index in [0.29, 0.717) is 17.5 Å². The summed E-state index contributed by atoms with van der Waals surface area (Å²) in [5, 5.41) is 13.6. The number of hydrogen-bond donors (Lipinski definition) is 2. The Morgan fingerprint density at radius 2 is 2.05 bits per heavy atom. The van der Waals surface area contributed by atoms with Crippen molar-refractivity contribution in [2.45, 2.75) is 37.6 Å². The van der Waals surface area contributed by atoms with Crippen LogP contribution in [0.5, 0.6) is 11.5 Å². The number of phenolic OH excluding ortho intramolecular Hbond substituents is 1. The van der Waals surface area contributed by atoms with Crippen molar-refractivity contribution >= 4 is 0 Å². The van der Waals surface area contributed by atoms with Crippen LogP contribution in [0.3, 0.4) is 0 Å². The minimum atomic E-state index is -0.509. The molecule has 1 aromatic carbocycles. The number of rotatable bonds is 3. The molecule has 1 aliphatic rings. The van der Waals surface area contributed by atoms with Gasteiger partial charge in [0.05, 0.1) is 12.6 Å². The van der Waals surface area contributed by atoms with Gasteiger partial charge < -0.3 is 20.1 Å². The first-order valence-electron chi connectivity index (χ1n) is 7.13. The normalized spacial score (nSPS) is 17.6. The maximum atomic E-state index is 9.62. The van der Waals surface area contributed by atoms with Crippen molar-refractivity contribution in [3.8, 4) is 22.9 Å². The Morgan fingerprint density at radius 1 is 1.29 bits per heavy atom. The highest BCUT2D eigenvalue weighted by Gasteiger charge is 2.35. The number of methoxy groups -OCH3 is 1. The first-order valence-corrected chi connectivity index (χ1v) is 7.13. The fourth-order valence-electron chi connectivity index (χ4n) is 2.76. The molecule has 1 aliphatic carbocycles. The molecule has 3 rings (SSSR count). The minimum absolute atomic E-state index is 0.0764. The minimum Gasteiger partial charge on any atom is -0.504 e. The predicted octanol–water partition coefficient (Wildman–Crippen LogP) is 2.57. The van der Waals surface area contributed by atoms with E-state index in [1.165, 1.54) is 13.5 Å². The molecule has 0 saturated heterocycles. The fraction of sp³-hybridized carbons (Fsp3) is 0.467. The van der Waals surface area contributed by atoms with Crippen LogP contribution < -0.4 is 10.5 Å². The maximum Gasteiger partial charge on any atom is 0.247 e.